The Morgan fingerprint density at radius 3 is 1.48 bits per heavy atom. The van der Waals surface area contributed by atoms with Crippen LogP contribution in [0.5, 0.6) is 23.0 Å². The lowest BCUT2D eigenvalue weighted by atomic mass is 9.59. The molecular formula is C43H51O7PS. The zero-order valence-electron chi connectivity index (χ0n) is 31.8. The zero-order chi connectivity index (χ0) is 37.8. The summed E-state index contributed by atoms with van der Waals surface area (Å²) in [6.45, 7) is 13.2. The molecule has 0 heterocycles. The fourth-order valence-corrected chi connectivity index (χ4v) is 10.4. The Morgan fingerprint density at radius 1 is 0.615 bits per heavy atom. The highest BCUT2D eigenvalue weighted by molar-refractivity contribution is 7.89. The molecule has 0 saturated carbocycles. The van der Waals surface area contributed by atoms with Gasteiger partial charge in [0.05, 0.1) is 44.5 Å². The van der Waals surface area contributed by atoms with Crippen LogP contribution in [0.15, 0.2) is 113 Å². The van der Waals surface area contributed by atoms with E-state index in [2.05, 4.69) is 65.8 Å². The number of rotatable bonds is 14. The first-order valence-corrected chi connectivity index (χ1v) is 20.0. The van der Waals surface area contributed by atoms with Crippen molar-refractivity contribution in [1.29, 1.82) is 0 Å². The molecule has 4 aromatic rings. The van der Waals surface area contributed by atoms with Gasteiger partial charge in [-0.3, -0.25) is 0 Å². The number of hydrogen-bond donors (Lipinski definition) is 0. The minimum absolute atomic E-state index is 0.0643. The third-order valence-electron chi connectivity index (χ3n) is 10.0. The van der Waals surface area contributed by atoms with Gasteiger partial charge in [-0.25, -0.2) is 3.97 Å². The summed E-state index contributed by atoms with van der Waals surface area (Å²) in [5.74, 6) is 2.79. The molecule has 3 atom stereocenters. The summed E-state index contributed by atoms with van der Waals surface area (Å²) in [5.41, 5.74) is 5.43. The van der Waals surface area contributed by atoms with Crippen LogP contribution in [-0.2, 0) is 19.5 Å². The van der Waals surface area contributed by atoms with Gasteiger partial charge in [0.15, 0.2) is 0 Å². The molecular weight excluding hydrogens is 692 g/mol. The topological polar surface area (TPSA) is 80.3 Å². The van der Waals surface area contributed by atoms with Crippen LogP contribution in [0, 0.1) is 17.8 Å². The fourth-order valence-electron chi connectivity index (χ4n) is 7.37. The molecule has 0 bridgehead atoms. The molecule has 0 amide bonds. The number of hydrogen-bond acceptors (Lipinski definition) is 7. The Kier molecular flexibility index (Phi) is 12.2. The lowest BCUT2D eigenvalue weighted by Gasteiger charge is -2.49. The van der Waals surface area contributed by atoms with E-state index in [1.807, 2.05) is 42.5 Å². The van der Waals surface area contributed by atoms with Crippen molar-refractivity contribution in [2.75, 3.05) is 28.4 Å². The molecule has 1 aliphatic carbocycles. The molecule has 52 heavy (non-hydrogen) atoms. The highest BCUT2D eigenvalue weighted by atomic mass is 32.2. The first-order chi connectivity index (χ1) is 24.9. The molecule has 5 rings (SSSR count). The minimum Gasteiger partial charge on any atom is -0.496 e. The van der Waals surface area contributed by atoms with Crippen molar-refractivity contribution in [2.24, 2.45) is 17.8 Å². The molecule has 7 nitrogen and oxygen atoms in total. The van der Waals surface area contributed by atoms with Gasteiger partial charge in [-0.05, 0) is 76.4 Å². The van der Waals surface area contributed by atoms with Gasteiger partial charge >= 0.3 is 0 Å². The van der Waals surface area contributed by atoms with Crippen molar-refractivity contribution in [3.8, 4) is 45.3 Å². The first kappa shape index (κ1) is 39.1. The Bertz CT molecular complexity index is 1930. The number of methoxy groups -OCH3 is 4. The maximum Gasteiger partial charge on any atom is 0.299 e. The van der Waals surface area contributed by atoms with Crippen molar-refractivity contribution >= 4 is 18.9 Å². The Hall–Kier alpha value is -4.10. The van der Waals surface area contributed by atoms with Crippen LogP contribution in [0.4, 0.5) is 0 Å². The van der Waals surface area contributed by atoms with Gasteiger partial charge in [-0.2, -0.15) is 8.42 Å². The second-order valence-corrected chi connectivity index (χ2v) is 16.7. The van der Waals surface area contributed by atoms with Crippen LogP contribution in [0.3, 0.4) is 0 Å². The van der Waals surface area contributed by atoms with Gasteiger partial charge in [0.25, 0.3) is 10.1 Å². The molecule has 0 fully saturated rings. The number of benzene rings is 4. The lowest BCUT2D eigenvalue weighted by Crippen LogP contribution is -2.45. The summed E-state index contributed by atoms with van der Waals surface area (Å²) in [6.07, 6.45) is 4.64. The molecule has 0 aromatic heterocycles. The van der Waals surface area contributed by atoms with E-state index in [0.29, 0.717) is 23.0 Å². The van der Waals surface area contributed by atoms with E-state index < -0.39 is 24.3 Å². The SMILES string of the molecule is COc1cccc(OC)c1-c1cccc(-c2c(OC)cccc2OC)c1C1(C(C)C)C=C(C(C)C)C=C(C(C)C)C1POS(=O)(=O)c1ccccc1. The summed E-state index contributed by atoms with van der Waals surface area (Å²) in [6, 6.07) is 26.1. The van der Waals surface area contributed by atoms with E-state index in [0.717, 1.165) is 33.4 Å². The predicted molar refractivity (Wildman–Crippen MR) is 213 cm³/mol. The summed E-state index contributed by atoms with van der Waals surface area (Å²) < 4.78 is 58.0. The standard InChI is InChI=1S/C43H51O7PS/c1-27(2)30-25-34(28(3)4)42(51-50-52(44,45)31-17-12-11-13-18-31)43(26-30,29(5)6)41-32(39-35(46-7)21-15-22-36(39)47-8)19-14-20-33(41)40-37(48-9)23-16-24-38(40)49-10/h11-29,42,51H,1-10H3. The molecule has 9 heteroatoms. The molecule has 1 aliphatic rings. The van der Waals surface area contributed by atoms with Gasteiger partial charge < -0.3 is 18.9 Å². The van der Waals surface area contributed by atoms with Gasteiger partial charge in [0.1, 0.15) is 23.0 Å². The normalized spacial score (nSPS) is 17.8. The quantitative estimate of drug-likeness (QED) is 0.119. The van der Waals surface area contributed by atoms with Crippen LogP contribution in [0.1, 0.15) is 47.1 Å². The van der Waals surface area contributed by atoms with Crippen LogP contribution in [-0.4, -0.2) is 42.5 Å². The van der Waals surface area contributed by atoms with E-state index in [-0.39, 0.29) is 28.3 Å². The average molecular weight is 743 g/mol. The fraction of sp³-hybridized carbons (Fsp3) is 0.349. The predicted octanol–water partition coefficient (Wildman–Crippen LogP) is 10.5. The largest absolute Gasteiger partial charge is 0.496 e. The van der Waals surface area contributed by atoms with Crippen molar-refractivity contribution in [2.45, 2.75) is 57.5 Å². The van der Waals surface area contributed by atoms with Gasteiger partial charge in [-0.15, -0.1) is 0 Å². The highest BCUT2D eigenvalue weighted by Gasteiger charge is 2.50. The second-order valence-electron chi connectivity index (χ2n) is 13.9. The third kappa shape index (κ3) is 7.26. The Balaban J connectivity index is 1.98. The highest BCUT2D eigenvalue weighted by Crippen LogP contribution is 2.60. The molecule has 0 saturated heterocycles. The van der Waals surface area contributed by atoms with Crippen LogP contribution >= 0.6 is 8.81 Å². The monoisotopic (exact) mass is 742 g/mol. The lowest BCUT2D eigenvalue weighted by molar-refractivity contribution is 0.362. The average Bonchev–Trinajstić information content (AvgIpc) is 3.15. The van der Waals surface area contributed by atoms with E-state index in [1.54, 1.807) is 58.8 Å². The third-order valence-corrected chi connectivity index (χ3v) is 13.2. The maximum atomic E-state index is 13.8. The molecule has 4 aromatic carbocycles. The molecule has 0 radical (unpaired) electrons. The van der Waals surface area contributed by atoms with Gasteiger partial charge in [0.2, 0.25) is 0 Å². The molecule has 0 spiro atoms. The van der Waals surface area contributed by atoms with E-state index in [9.17, 15) is 8.42 Å². The summed E-state index contributed by atoms with van der Waals surface area (Å²) in [7, 11) is 2.11. The smallest absolute Gasteiger partial charge is 0.299 e. The first-order valence-electron chi connectivity index (χ1n) is 17.6. The van der Waals surface area contributed by atoms with Gasteiger partial charge in [-0.1, -0.05) is 108 Å². The van der Waals surface area contributed by atoms with Crippen LogP contribution in [0.25, 0.3) is 22.3 Å². The minimum atomic E-state index is -4.08. The van der Waals surface area contributed by atoms with E-state index >= 15 is 0 Å². The van der Waals surface area contributed by atoms with Gasteiger partial charge in [0, 0.05) is 19.9 Å². The molecule has 276 valence electrons. The van der Waals surface area contributed by atoms with Crippen molar-refractivity contribution < 1.29 is 31.3 Å². The second kappa shape index (κ2) is 16.3. The summed E-state index contributed by atoms with van der Waals surface area (Å²) >= 11 is 0. The van der Waals surface area contributed by atoms with E-state index in [4.69, 9.17) is 22.9 Å². The maximum absolute atomic E-state index is 13.8. The Morgan fingerprint density at radius 2 is 1.08 bits per heavy atom. The number of ether oxygens (including phenoxy) is 4. The molecule has 0 N–H and O–H groups in total. The molecule has 0 aliphatic heterocycles. The summed E-state index contributed by atoms with van der Waals surface area (Å²) in [4.78, 5) is 0.126. The summed E-state index contributed by atoms with van der Waals surface area (Å²) in [5, 5.41) is 0. The Labute approximate surface area is 312 Å². The van der Waals surface area contributed by atoms with Crippen molar-refractivity contribution in [1.82, 2.24) is 0 Å². The van der Waals surface area contributed by atoms with Crippen LogP contribution in [0.2, 0.25) is 0 Å². The van der Waals surface area contributed by atoms with Crippen molar-refractivity contribution in [3.05, 3.63) is 114 Å². The van der Waals surface area contributed by atoms with Crippen LogP contribution < -0.4 is 18.9 Å². The van der Waals surface area contributed by atoms with E-state index in [1.165, 1.54) is 5.57 Å². The van der Waals surface area contributed by atoms with Crippen molar-refractivity contribution in [3.63, 3.8) is 0 Å². The molecule has 3 unspecified atom stereocenters. The number of allylic oxidation sites excluding steroid dienone is 4. The zero-order valence-corrected chi connectivity index (χ0v) is 33.6.